The molecule has 0 bridgehead atoms. The summed E-state index contributed by atoms with van der Waals surface area (Å²) in [7, 11) is 0. The molecule has 4 rings (SSSR count). The molecule has 1 aliphatic heterocycles. The number of benzene rings is 1. The Morgan fingerprint density at radius 2 is 1.93 bits per heavy atom. The molecule has 1 aromatic carbocycles. The Morgan fingerprint density at radius 1 is 1.11 bits per heavy atom. The standard InChI is InChI=1S/C23H32N4O/c28-23(17-27-14-11-24-18-27)25-22-8-4-5-19(15-22)16-26-12-9-21(10-13-26)20-6-2-1-3-7-20/h1-3,6-7,11,14,18-19,21-22H,4-5,8-10,12-13,15-17H2,(H,25,28)/t19-,22+/m1/s1. The van der Waals surface area contributed by atoms with Gasteiger partial charge in [-0.3, -0.25) is 4.79 Å². The lowest BCUT2D eigenvalue weighted by molar-refractivity contribution is -0.122. The predicted molar refractivity (Wildman–Crippen MR) is 111 cm³/mol. The van der Waals surface area contributed by atoms with Gasteiger partial charge in [-0.25, -0.2) is 4.98 Å². The molecule has 2 aromatic rings. The molecule has 1 saturated heterocycles. The van der Waals surface area contributed by atoms with Crippen molar-refractivity contribution < 1.29 is 4.79 Å². The van der Waals surface area contributed by atoms with Gasteiger partial charge in [-0.1, -0.05) is 36.8 Å². The van der Waals surface area contributed by atoms with Gasteiger partial charge in [0.1, 0.15) is 6.54 Å². The zero-order valence-electron chi connectivity index (χ0n) is 16.7. The molecule has 2 heterocycles. The first-order chi connectivity index (χ1) is 13.8. The quantitative estimate of drug-likeness (QED) is 0.835. The molecule has 5 nitrogen and oxygen atoms in total. The van der Waals surface area contributed by atoms with E-state index in [1.54, 1.807) is 12.5 Å². The molecule has 1 saturated carbocycles. The molecule has 1 amide bonds. The van der Waals surface area contributed by atoms with E-state index in [9.17, 15) is 4.79 Å². The van der Waals surface area contributed by atoms with Gasteiger partial charge in [0.25, 0.3) is 0 Å². The van der Waals surface area contributed by atoms with Crippen LogP contribution >= 0.6 is 0 Å². The lowest BCUT2D eigenvalue weighted by atomic mass is 9.84. The number of carbonyl (C=O) groups is 1. The highest BCUT2D eigenvalue weighted by molar-refractivity contribution is 5.76. The fourth-order valence-electron chi connectivity index (χ4n) is 4.95. The molecule has 5 heteroatoms. The molecule has 2 atom stereocenters. The molecule has 1 aliphatic carbocycles. The Bertz CT molecular complexity index is 722. The van der Waals surface area contributed by atoms with Crippen LogP contribution in [0.2, 0.25) is 0 Å². The van der Waals surface area contributed by atoms with E-state index in [-0.39, 0.29) is 5.91 Å². The molecule has 28 heavy (non-hydrogen) atoms. The zero-order valence-corrected chi connectivity index (χ0v) is 16.7. The third-order valence-electron chi connectivity index (χ3n) is 6.41. The Hall–Kier alpha value is -2.14. The first kappa shape index (κ1) is 19.2. The van der Waals surface area contributed by atoms with E-state index in [2.05, 4.69) is 45.5 Å². The number of rotatable bonds is 6. The lowest BCUT2D eigenvalue weighted by Crippen LogP contribution is -2.43. The molecular formula is C23H32N4O. The maximum Gasteiger partial charge on any atom is 0.240 e. The van der Waals surface area contributed by atoms with Crippen molar-refractivity contribution in [1.29, 1.82) is 0 Å². The highest BCUT2D eigenvalue weighted by atomic mass is 16.2. The van der Waals surface area contributed by atoms with Crippen LogP contribution in [-0.4, -0.2) is 46.0 Å². The summed E-state index contributed by atoms with van der Waals surface area (Å²) < 4.78 is 1.83. The van der Waals surface area contributed by atoms with Crippen LogP contribution in [0.15, 0.2) is 49.1 Å². The van der Waals surface area contributed by atoms with Crippen LogP contribution in [0.5, 0.6) is 0 Å². The summed E-state index contributed by atoms with van der Waals surface area (Å²) in [6, 6.07) is 11.3. The second-order valence-corrected chi connectivity index (χ2v) is 8.52. The predicted octanol–water partition coefficient (Wildman–Crippen LogP) is 3.44. The topological polar surface area (TPSA) is 50.2 Å². The molecule has 2 fully saturated rings. The Morgan fingerprint density at radius 3 is 2.68 bits per heavy atom. The summed E-state index contributed by atoms with van der Waals surface area (Å²) in [5.74, 6) is 1.53. The molecule has 1 N–H and O–H groups in total. The van der Waals surface area contributed by atoms with Crippen molar-refractivity contribution in [3.05, 3.63) is 54.6 Å². The SMILES string of the molecule is O=C(Cn1ccnc1)N[C@H]1CCC[C@@H](CN2CCC(c3ccccc3)CC2)C1. The van der Waals surface area contributed by atoms with Crippen molar-refractivity contribution in [1.82, 2.24) is 19.8 Å². The van der Waals surface area contributed by atoms with E-state index in [1.165, 1.54) is 50.9 Å². The van der Waals surface area contributed by atoms with E-state index in [0.717, 1.165) is 18.8 Å². The van der Waals surface area contributed by atoms with Crippen molar-refractivity contribution in [2.75, 3.05) is 19.6 Å². The van der Waals surface area contributed by atoms with Gasteiger partial charge >= 0.3 is 0 Å². The van der Waals surface area contributed by atoms with Gasteiger partial charge in [0.05, 0.1) is 6.33 Å². The van der Waals surface area contributed by atoms with Gasteiger partial charge < -0.3 is 14.8 Å². The third-order valence-corrected chi connectivity index (χ3v) is 6.41. The van der Waals surface area contributed by atoms with Gasteiger partial charge in [0.15, 0.2) is 0 Å². The van der Waals surface area contributed by atoms with Gasteiger partial charge in [-0.05, 0) is 62.6 Å². The third kappa shape index (κ3) is 5.22. The zero-order chi connectivity index (χ0) is 19.2. The fourth-order valence-corrected chi connectivity index (χ4v) is 4.95. The number of hydrogen-bond donors (Lipinski definition) is 1. The Kier molecular flexibility index (Phi) is 6.42. The number of piperidine rings is 1. The van der Waals surface area contributed by atoms with Crippen LogP contribution in [0.1, 0.15) is 50.0 Å². The summed E-state index contributed by atoms with van der Waals surface area (Å²) >= 11 is 0. The highest BCUT2D eigenvalue weighted by Crippen LogP contribution is 2.30. The van der Waals surface area contributed by atoms with Gasteiger partial charge in [-0.2, -0.15) is 0 Å². The van der Waals surface area contributed by atoms with E-state index in [1.807, 2.05) is 10.8 Å². The monoisotopic (exact) mass is 380 g/mol. The Labute approximate surface area is 168 Å². The fraction of sp³-hybridized carbons (Fsp3) is 0.565. The van der Waals surface area contributed by atoms with E-state index >= 15 is 0 Å². The maximum atomic E-state index is 12.3. The van der Waals surface area contributed by atoms with E-state index in [0.29, 0.717) is 18.5 Å². The van der Waals surface area contributed by atoms with Crippen molar-refractivity contribution in [2.24, 2.45) is 5.92 Å². The smallest absolute Gasteiger partial charge is 0.240 e. The summed E-state index contributed by atoms with van der Waals surface area (Å²) in [5.41, 5.74) is 1.50. The number of amides is 1. The molecule has 0 spiro atoms. The van der Waals surface area contributed by atoms with Crippen LogP contribution in [0, 0.1) is 5.92 Å². The van der Waals surface area contributed by atoms with Gasteiger partial charge in [-0.15, -0.1) is 0 Å². The van der Waals surface area contributed by atoms with Gasteiger partial charge in [0, 0.05) is 25.0 Å². The molecular weight excluding hydrogens is 348 g/mol. The van der Waals surface area contributed by atoms with Crippen molar-refractivity contribution >= 4 is 5.91 Å². The van der Waals surface area contributed by atoms with Crippen LogP contribution in [0.4, 0.5) is 0 Å². The summed E-state index contributed by atoms with van der Waals surface area (Å²) in [4.78, 5) is 18.9. The first-order valence-electron chi connectivity index (χ1n) is 10.8. The molecule has 1 aromatic heterocycles. The van der Waals surface area contributed by atoms with Crippen molar-refractivity contribution in [3.8, 4) is 0 Å². The van der Waals surface area contributed by atoms with Crippen LogP contribution in [-0.2, 0) is 11.3 Å². The van der Waals surface area contributed by atoms with Gasteiger partial charge in [0.2, 0.25) is 5.91 Å². The number of nitrogens with one attached hydrogen (secondary N) is 1. The number of nitrogens with zero attached hydrogens (tertiary/aromatic N) is 3. The maximum absolute atomic E-state index is 12.3. The summed E-state index contributed by atoms with van der Waals surface area (Å²) in [6.45, 7) is 3.96. The normalized spacial score (nSPS) is 24.1. The summed E-state index contributed by atoms with van der Waals surface area (Å²) in [5, 5.41) is 3.25. The minimum absolute atomic E-state index is 0.104. The first-order valence-corrected chi connectivity index (χ1v) is 10.8. The Balaban J connectivity index is 1.20. The largest absolute Gasteiger partial charge is 0.352 e. The minimum Gasteiger partial charge on any atom is -0.352 e. The number of carbonyl (C=O) groups excluding carboxylic acids is 1. The van der Waals surface area contributed by atoms with Crippen molar-refractivity contribution in [2.45, 2.75) is 57.0 Å². The van der Waals surface area contributed by atoms with Crippen LogP contribution < -0.4 is 5.32 Å². The average molecular weight is 381 g/mol. The van der Waals surface area contributed by atoms with Crippen LogP contribution in [0.3, 0.4) is 0 Å². The lowest BCUT2D eigenvalue weighted by Gasteiger charge is -2.37. The second kappa shape index (κ2) is 9.37. The second-order valence-electron chi connectivity index (χ2n) is 8.52. The number of likely N-dealkylation sites (tertiary alicyclic amines) is 1. The van der Waals surface area contributed by atoms with E-state index in [4.69, 9.17) is 0 Å². The number of imidazole rings is 1. The van der Waals surface area contributed by atoms with E-state index < -0.39 is 0 Å². The average Bonchev–Trinajstić information content (AvgIpc) is 3.22. The highest BCUT2D eigenvalue weighted by Gasteiger charge is 2.27. The molecule has 0 unspecified atom stereocenters. The molecule has 2 aliphatic rings. The van der Waals surface area contributed by atoms with Crippen molar-refractivity contribution in [3.63, 3.8) is 0 Å². The number of aromatic nitrogens is 2. The summed E-state index contributed by atoms with van der Waals surface area (Å²) in [6.07, 6.45) is 12.5. The number of hydrogen-bond acceptors (Lipinski definition) is 3. The minimum atomic E-state index is 0.104. The molecule has 0 radical (unpaired) electrons. The van der Waals surface area contributed by atoms with Crippen LogP contribution in [0.25, 0.3) is 0 Å². The molecule has 150 valence electrons.